The molecule has 1 aromatic rings. The lowest BCUT2D eigenvalue weighted by atomic mass is 9.89. The van der Waals surface area contributed by atoms with Crippen molar-refractivity contribution in [3.8, 4) is 5.75 Å². The van der Waals surface area contributed by atoms with E-state index in [4.69, 9.17) is 4.74 Å². The number of hydrogen-bond donors (Lipinski definition) is 3. The summed E-state index contributed by atoms with van der Waals surface area (Å²) in [5.74, 6) is 1.40. The molecule has 0 heterocycles. The number of amides is 1. The Kier molecular flexibility index (Phi) is 12.1. The second kappa shape index (κ2) is 12.8. The molecule has 0 bridgehead atoms. The number of halogens is 1. The van der Waals surface area contributed by atoms with Crippen LogP contribution in [-0.2, 0) is 4.79 Å². The first-order valence-corrected chi connectivity index (χ1v) is 9.17. The Balaban J connectivity index is 0.00000676. The number of nitrogens with one attached hydrogen (secondary N) is 3. The van der Waals surface area contributed by atoms with Gasteiger partial charge in [-0.25, -0.2) is 0 Å². The van der Waals surface area contributed by atoms with Crippen LogP contribution in [0.15, 0.2) is 29.3 Å². The summed E-state index contributed by atoms with van der Waals surface area (Å²) in [7, 11) is 1.77. The van der Waals surface area contributed by atoms with E-state index in [-0.39, 0.29) is 29.9 Å². The molecule has 0 aromatic heterocycles. The number of nitrogens with zero attached hydrogens (tertiary/aromatic N) is 1. The SMILES string of the molecule is CN=C(NCCOc1cccc(NC(C)=O)c1)NC(C)CCC(C)(C)C.I. The molecule has 27 heavy (non-hydrogen) atoms. The van der Waals surface area contributed by atoms with Crippen LogP contribution in [0.3, 0.4) is 0 Å². The molecule has 3 N–H and O–H groups in total. The molecule has 0 aliphatic heterocycles. The van der Waals surface area contributed by atoms with E-state index in [1.807, 2.05) is 24.3 Å². The number of rotatable bonds is 8. The second-order valence-corrected chi connectivity index (χ2v) is 7.70. The number of ether oxygens (including phenoxy) is 1. The first-order chi connectivity index (χ1) is 12.2. The van der Waals surface area contributed by atoms with E-state index in [9.17, 15) is 4.79 Å². The number of aliphatic imine (C=N–C) groups is 1. The lowest BCUT2D eigenvalue weighted by molar-refractivity contribution is -0.114. The monoisotopic (exact) mass is 490 g/mol. The minimum absolute atomic E-state index is 0. The van der Waals surface area contributed by atoms with E-state index in [0.717, 1.165) is 30.2 Å². The summed E-state index contributed by atoms with van der Waals surface area (Å²) in [4.78, 5) is 15.4. The average Bonchev–Trinajstić information content (AvgIpc) is 2.55. The van der Waals surface area contributed by atoms with Crippen molar-refractivity contribution in [3.63, 3.8) is 0 Å². The molecule has 1 unspecified atom stereocenters. The van der Waals surface area contributed by atoms with Crippen LogP contribution >= 0.6 is 24.0 Å². The maximum Gasteiger partial charge on any atom is 0.221 e. The van der Waals surface area contributed by atoms with Gasteiger partial charge >= 0.3 is 0 Å². The molecule has 0 saturated carbocycles. The van der Waals surface area contributed by atoms with Crippen LogP contribution in [0.25, 0.3) is 0 Å². The van der Waals surface area contributed by atoms with Gasteiger partial charge in [-0.05, 0) is 37.3 Å². The number of hydrogen-bond acceptors (Lipinski definition) is 3. The minimum Gasteiger partial charge on any atom is -0.492 e. The van der Waals surface area contributed by atoms with Crippen molar-refractivity contribution in [2.24, 2.45) is 10.4 Å². The van der Waals surface area contributed by atoms with Gasteiger partial charge < -0.3 is 20.7 Å². The predicted octanol–water partition coefficient (Wildman–Crippen LogP) is 4.02. The summed E-state index contributed by atoms with van der Waals surface area (Å²) in [5, 5.41) is 9.41. The zero-order valence-electron chi connectivity index (χ0n) is 17.4. The van der Waals surface area contributed by atoms with E-state index in [2.05, 4.69) is 48.6 Å². The highest BCUT2D eigenvalue weighted by molar-refractivity contribution is 14.0. The molecule has 0 spiro atoms. The molecular formula is C20H35IN4O2. The molecule has 6 nitrogen and oxygen atoms in total. The molecule has 1 rings (SSSR count). The zero-order valence-corrected chi connectivity index (χ0v) is 19.7. The summed E-state index contributed by atoms with van der Waals surface area (Å²) in [6, 6.07) is 7.72. The van der Waals surface area contributed by atoms with E-state index in [1.54, 1.807) is 7.05 Å². The van der Waals surface area contributed by atoms with Crippen molar-refractivity contribution >= 4 is 41.5 Å². The van der Waals surface area contributed by atoms with Gasteiger partial charge in [-0.15, -0.1) is 24.0 Å². The molecule has 154 valence electrons. The highest BCUT2D eigenvalue weighted by Crippen LogP contribution is 2.21. The Labute approximate surface area is 181 Å². The van der Waals surface area contributed by atoms with Crippen molar-refractivity contribution in [2.45, 2.75) is 53.5 Å². The van der Waals surface area contributed by atoms with Gasteiger partial charge in [0.05, 0.1) is 6.54 Å². The number of anilines is 1. The van der Waals surface area contributed by atoms with Gasteiger partial charge in [0.15, 0.2) is 5.96 Å². The highest BCUT2D eigenvalue weighted by atomic mass is 127. The van der Waals surface area contributed by atoms with Gasteiger partial charge in [-0.2, -0.15) is 0 Å². The minimum atomic E-state index is -0.0979. The van der Waals surface area contributed by atoms with E-state index >= 15 is 0 Å². The standard InChI is InChI=1S/C20H34N4O2.HI/c1-15(10-11-20(3,4)5)23-19(21-6)22-12-13-26-18-9-7-8-17(14-18)24-16(2)25;/h7-9,14-15H,10-13H2,1-6H3,(H,24,25)(H2,21,22,23);1H. The average molecular weight is 490 g/mol. The smallest absolute Gasteiger partial charge is 0.221 e. The lowest BCUT2D eigenvalue weighted by Gasteiger charge is -2.23. The van der Waals surface area contributed by atoms with Gasteiger partial charge in [-0.3, -0.25) is 9.79 Å². The van der Waals surface area contributed by atoms with Crippen LogP contribution in [0.2, 0.25) is 0 Å². The van der Waals surface area contributed by atoms with Crippen molar-refractivity contribution in [1.82, 2.24) is 10.6 Å². The topological polar surface area (TPSA) is 74.8 Å². The summed E-state index contributed by atoms with van der Waals surface area (Å²) < 4.78 is 5.72. The van der Waals surface area contributed by atoms with E-state index in [0.29, 0.717) is 24.6 Å². The molecule has 1 aromatic carbocycles. The fourth-order valence-corrected chi connectivity index (χ4v) is 2.35. The van der Waals surface area contributed by atoms with Crippen molar-refractivity contribution < 1.29 is 9.53 Å². The van der Waals surface area contributed by atoms with E-state index < -0.39 is 0 Å². The third-order valence-electron chi connectivity index (χ3n) is 3.75. The molecule has 0 radical (unpaired) electrons. The van der Waals surface area contributed by atoms with Crippen molar-refractivity contribution in [1.29, 1.82) is 0 Å². The van der Waals surface area contributed by atoms with Crippen LogP contribution in [0.1, 0.15) is 47.5 Å². The van der Waals surface area contributed by atoms with Gasteiger partial charge in [0.1, 0.15) is 12.4 Å². The molecule has 0 aliphatic rings. The van der Waals surface area contributed by atoms with Gasteiger partial charge in [-0.1, -0.05) is 26.8 Å². The Morgan fingerprint density at radius 1 is 1.30 bits per heavy atom. The van der Waals surface area contributed by atoms with E-state index in [1.165, 1.54) is 6.92 Å². The maximum atomic E-state index is 11.1. The summed E-state index contributed by atoms with van der Waals surface area (Å²) in [6.45, 7) is 11.6. The van der Waals surface area contributed by atoms with Crippen LogP contribution in [0.5, 0.6) is 5.75 Å². The van der Waals surface area contributed by atoms with Crippen molar-refractivity contribution in [2.75, 3.05) is 25.5 Å². The van der Waals surface area contributed by atoms with Crippen molar-refractivity contribution in [3.05, 3.63) is 24.3 Å². The molecule has 0 saturated heterocycles. The number of guanidine groups is 1. The van der Waals surface area contributed by atoms with Crippen LogP contribution in [-0.4, -0.2) is 38.1 Å². The third kappa shape index (κ3) is 12.5. The maximum absolute atomic E-state index is 11.1. The van der Waals surface area contributed by atoms with Gasteiger partial charge in [0.25, 0.3) is 0 Å². The molecular weight excluding hydrogens is 455 g/mol. The fraction of sp³-hybridized carbons (Fsp3) is 0.600. The molecule has 1 atom stereocenters. The zero-order chi connectivity index (χ0) is 19.6. The Morgan fingerprint density at radius 2 is 2.00 bits per heavy atom. The molecule has 0 fully saturated rings. The summed E-state index contributed by atoms with van der Waals surface area (Å²) in [5.41, 5.74) is 1.07. The summed E-state index contributed by atoms with van der Waals surface area (Å²) in [6.07, 6.45) is 2.25. The molecule has 1 amide bonds. The number of carbonyl (C=O) groups excluding carboxylic acids is 1. The van der Waals surface area contributed by atoms with Gasteiger partial charge in [0, 0.05) is 31.8 Å². The van der Waals surface area contributed by atoms with Gasteiger partial charge in [0.2, 0.25) is 5.91 Å². The van der Waals surface area contributed by atoms with Crippen LogP contribution < -0.4 is 20.7 Å². The second-order valence-electron chi connectivity index (χ2n) is 7.70. The first-order valence-electron chi connectivity index (χ1n) is 9.17. The quantitative estimate of drug-likeness (QED) is 0.223. The summed E-state index contributed by atoms with van der Waals surface area (Å²) >= 11 is 0. The molecule has 7 heteroatoms. The Morgan fingerprint density at radius 3 is 2.59 bits per heavy atom. The number of carbonyl (C=O) groups is 1. The molecule has 0 aliphatic carbocycles. The Hall–Kier alpha value is -1.51. The fourth-order valence-electron chi connectivity index (χ4n) is 2.35. The predicted molar refractivity (Wildman–Crippen MR) is 124 cm³/mol. The largest absolute Gasteiger partial charge is 0.492 e. The first kappa shape index (κ1) is 25.5. The number of benzene rings is 1. The third-order valence-corrected chi connectivity index (χ3v) is 3.75. The van der Waals surface area contributed by atoms with Crippen LogP contribution in [0, 0.1) is 5.41 Å². The highest BCUT2D eigenvalue weighted by Gasteiger charge is 2.13. The Bertz CT molecular complexity index is 600. The normalized spacial score (nSPS) is 12.6. The van der Waals surface area contributed by atoms with Crippen LogP contribution in [0.4, 0.5) is 5.69 Å². The lowest BCUT2D eigenvalue weighted by Crippen LogP contribution is -2.43.